The molecule has 4 nitrogen and oxygen atoms in total. The van der Waals surface area contributed by atoms with Crippen LogP contribution in [-0.4, -0.2) is 38.0 Å². The van der Waals surface area contributed by atoms with Crippen molar-refractivity contribution in [1.29, 1.82) is 0 Å². The van der Waals surface area contributed by atoms with Crippen LogP contribution in [-0.2, 0) is 20.2 Å². The smallest absolute Gasteiger partial charge is 0.243 e. The van der Waals surface area contributed by atoms with Gasteiger partial charge in [0.15, 0.2) is 0 Å². The molecule has 1 heterocycles. The SMILES string of the molecule is C[C@@H]1CN(S(=O)(=O)c2ccc(C(C)(C)C)cc2)C[C@H](C)O1. The van der Waals surface area contributed by atoms with Crippen LogP contribution in [0.25, 0.3) is 0 Å². The normalized spacial score (nSPS) is 25.0. The van der Waals surface area contributed by atoms with Gasteiger partial charge in [-0.3, -0.25) is 0 Å². The van der Waals surface area contributed by atoms with Gasteiger partial charge in [0, 0.05) is 13.1 Å². The third kappa shape index (κ3) is 3.65. The Morgan fingerprint density at radius 2 is 1.52 bits per heavy atom. The zero-order valence-electron chi connectivity index (χ0n) is 13.5. The molecule has 1 aliphatic heterocycles. The number of ether oxygens (including phenoxy) is 1. The van der Waals surface area contributed by atoms with Crippen LogP contribution in [0.1, 0.15) is 40.2 Å². The Morgan fingerprint density at radius 1 is 1.05 bits per heavy atom. The molecule has 0 unspecified atom stereocenters. The fraction of sp³-hybridized carbons (Fsp3) is 0.625. The van der Waals surface area contributed by atoms with E-state index in [1.165, 1.54) is 4.31 Å². The van der Waals surface area contributed by atoms with Gasteiger partial charge in [0.1, 0.15) is 0 Å². The molecule has 0 spiro atoms. The fourth-order valence-corrected chi connectivity index (χ4v) is 4.19. The minimum atomic E-state index is -3.44. The van der Waals surface area contributed by atoms with Crippen LogP contribution in [0.3, 0.4) is 0 Å². The molecule has 1 fully saturated rings. The van der Waals surface area contributed by atoms with E-state index in [-0.39, 0.29) is 17.6 Å². The molecule has 0 saturated carbocycles. The van der Waals surface area contributed by atoms with Crippen LogP contribution in [0.4, 0.5) is 0 Å². The number of nitrogens with zero attached hydrogens (tertiary/aromatic N) is 1. The average molecular weight is 311 g/mol. The van der Waals surface area contributed by atoms with Crippen LogP contribution in [0.5, 0.6) is 0 Å². The van der Waals surface area contributed by atoms with Crippen molar-refractivity contribution in [3.05, 3.63) is 29.8 Å². The lowest BCUT2D eigenvalue weighted by Crippen LogP contribution is -2.48. The molecule has 1 aliphatic rings. The molecule has 0 bridgehead atoms. The fourth-order valence-electron chi connectivity index (χ4n) is 2.60. The highest BCUT2D eigenvalue weighted by molar-refractivity contribution is 7.89. The molecule has 0 aliphatic carbocycles. The summed E-state index contributed by atoms with van der Waals surface area (Å²) in [5.41, 5.74) is 1.15. The standard InChI is InChI=1S/C16H25NO3S/c1-12-10-17(11-13(2)20-12)21(18,19)15-8-6-14(7-9-15)16(3,4)5/h6-9,12-13H,10-11H2,1-5H3/t12-,13+. The highest BCUT2D eigenvalue weighted by Gasteiger charge is 2.32. The maximum Gasteiger partial charge on any atom is 0.243 e. The van der Waals surface area contributed by atoms with E-state index >= 15 is 0 Å². The van der Waals surface area contributed by atoms with Crippen molar-refractivity contribution in [3.8, 4) is 0 Å². The van der Waals surface area contributed by atoms with Gasteiger partial charge in [0.25, 0.3) is 0 Å². The molecule has 1 saturated heterocycles. The topological polar surface area (TPSA) is 46.6 Å². The van der Waals surface area contributed by atoms with Crippen molar-refractivity contribution in [2.24, 2.45) is 0 Å². The highest BCUT2D eigenvalue weighted by atomic mass is 32.2. The van der Waals surface area contributed by atoms with Gasteiger partial charge in [0.2, 0.25) is 10.0 Å². The Hall–Kier alpha value is -0.910. The number of rotatable bonds is 2. The first-order valence-electron chi connectivity index (χ1n) is 7.37. The number of hydrogen-bond donors (Lipinski definition) is 0. The Morgan fingerprint density at radius 3 is 1.95 bits per heavy atom. The summed E-state index contributed by atoms with van der Waals surface area (Å²) in [5, 5.41) is 0. The monoisotopic (exact) mass is 311 g/mol. The lowest BCUT2D eigenvalue weighted by atomic mass is 9.87. The summed E-state index contributed by atoms with van der Waals surface area (Å²) in [7, 11) is -3.44. The predicted octanol–water partition coefficient (Wildman–Crippen LogP) is 2.78. The van der Waals surface area contributed by atoms with Crippen molar-refractivity contribution >= 4 is 10.0 Å². The van der Waals surface area contributed by atoms with Gasteiger partial charge in [-0.25, -0.2) is 8.42 Å². The second kappa shape index (κ2) is 5.71. The highest BCUT2D eigenvalue weighted by Crippen LogP contribution is 2.26. The molecule has 0 aromatic heterocycles. The first kappa shape index (κ1) is 16.5. The molecule has 5 heteroatoms. The lowest BCUT2D eigenvalue weighted by Gasteiger charge is -2.34. The van der Waals surface area contributed by atoms with Crippen molar-refractivity contribution in [3.63, 3.8) is 0 Å². The molecule has 0 radical (unpaired) electrons. The number of benzene rings is 1. The maximum absolute atomic E-state index is 12.7. The van der Waals surface area contributed by atoms with Gasteiger partial charge in [-0.2, -0.15) is 4.31 Å². The molecule has 118 valence electrons. The summed E-state index contributed by atoms with van der Waals surface area (Å²) in [6.45, 7) is 11.0. The predicted molar refractivity (Wildman–Crippen MR) is 83.9 cm³/mol. The lowest BCUT2D eigenvalue weighted by molar-refractivity contribution is -0.0440. The van der Waals surface area contributed by atoms with Gasteiger partial charge < -0.3 is 4.74 Å². The molecule has 21 heavy (non-hydrogen) atoms. The zero-order valence-corrected chi connectivity index (χ0v) is 14.3. The first-order chi connectivity index (χ1) is 9.60. The van der Waals surface area contributed by atoms with Crippen LogP contribution in [0.2, 0.25) is 0 Å². The third-order valence-corrected chi connectivity index (χ3v) is 5.59. The van der Waals surface area contributed by atoms with Gasteiger partial charge in [-0.05, 0) is 37.0 Å². The van der Waals surface area contributed by atoms with Crippen molar-refractivity contribution < 1.29 is 13.2 Å². The number of hydrogen-bond acceptors (Lipinski definition) is 3. The molecular formula is C16H25NO3S. The first-order valence-corrected chi connectivity index (χ1v) is 8.81. The summed E-state index contributed by atoms with van der Waals surface area (Å²) < 4.78 is 32.6. The number of sulfonamides is 1. The Labute approximate surface area is 128 Å². The largest absolute Gasteiger partial charge is 0.373 e. The Bertz CT molecular complexity index is 577. The maximum atomic E-state index is 12.7. The van der Waals surface area contributed by atoms with Crippen LogP contribution in [0.15, 0.2) is 29.2 Å². The molecule has 1 aromatic carbocycles. The van der Waals surface area contributed by atoms with E-state index < -0.39 is 10.0 Å². The summed E-state index contributed by atoms with van der Waals surface area (Å²) in [6, 6.07) is 7.22. The van der Waals surface area contributed by atoms with E-state index in [4.69, 9.17) is 4.74 Å². The van der Waals surface area contributed by atoms with Crippen molar-refractivity contribution in [2.45, 2.75) is 57.1 Å². The van der Waals surface area contributed by atoms with E-state index in [9.17, 15) is 8.42 Å². The third-order valence-electron chi connectivity index (χ3n) is 3.74. The molecule has 0 N–H and O–H groups in total. The Balaban J connectivity index is 2.27. The molecule has 1 aromatic rings. The average Bonchev–Trinajstić information content (AvgIpc) is 2.36. The molecule has 0 amide bonds. The van der Waals surface area contributed by atoms with Crippen molar-refractivity contribution in [1.82, 2.24) is 4.31 Å². The van der Waals surface area contributed by atoms with Gasteiger partial charge in [0.05, 0.1) is 17.1 Å². The van der Waals surface area contributed by atoms with E-state index in [1.807, 2.05) is 26.0 Å². The zero-order chi connectivity index (χ0) is 15.8. The second-order valence-corrected chi connectivity index (χ2v) is 8.79. The molecule has 2 rings (SSSR count). The minimum absolute atomic E-state index is 0.0181. The summed E-state index contributed by atoms with van der Waals surface area (Å²) >= 11 is 0. The molecular weight excluding hydrogens is 286 g/mol. The van der Waals surface area contributed by atoms with Crippen molar-refractivity contribution in [2.75, 3.05) is 13.1 Å². The summed E-state index contributed by atoms with van der Waals surface area (Å²) in [5.74, 6) is 0. The van der Waals surface area contributed by atoms with E-state index in [1.54, 1.807) is 12.1 Å². The van der Waals surface area contributed by atoms with Crippen LogP contribution in [0, 0.1) is 0 Å². The van der Waals surface area contributed by atoms with Gasteiger partial charge in [-0.15, -0.1) is 0 Å². The van der Waals surface area contributed by atoms with Gasteiger partial charge >= 0.3 is 0 Å². The Kier molecular flexibility index (Phi) is 4.47. The van der Waals surface area contributed by atoms with E-state index in [2.05, 4.69) is 20.8 Å². The summed E-state index contributed by atoms with van der Waals surface area (Å²) in [4.78, 5) is 0.358. The quantitative estimate of drug-likeness (QED) is 0.844. The van der Waals surface area contributed by atoms with Crippen LogP contribution >= 0.6 is 0 Å². The minimum Gasteiger partial charge on any atom is -0.373 e. The summed E-state index contributed by atoms with van der Waals surface area (Å²) in [6.07, 6.45) is -0.144. The number of morpholine rings is 1. The van der Waals surface area contributed by atoms with E-state index in [0.717, 1.165) is 5.56 Å². The van der Waals surface area contributed by atoms with Gasteiger partial charge in [-0.1, -0.05) is 32.9 Å². The van der Waals surface area contributed by atoms with E-state index in [0.29, 0.717) is 18.0 Å². The second-order valence-electron chi connectivity index (χ2n) is 6.85. The van der Waals surface area contributed by atoms with Crippen LogP contribution < -0.4 is 0 Å². The molecule has 2 atom stereocenters.